The number of nitrogens with one attached hydrogen (secondary N) is 3. The number of carbonyl (C=O) groups excluding carboxylic acids is 1. The van der Waals surface area contributed by atoms with E-state index < -0.39 is 18.1 Å². The third-order valence-electron chi connectivity index (χ3n) is 2.00. The molecule has 0 radical (unpaired) electrons. The van der Waals surface area contributed by atoms with Crippen molar-refractivity contribution in [3.63, 3.8) is 0 Å². The summed E-state index contributed by atoms with van der Waals surface area (Å²) in [5, 5.41) is 11.2. The van der Waals surface area contributed by atoms with Crippen molar-refractivity contribution >= 4 is 24.3 Å². The van der Waals surface area contributed by atoms with Crippen LogP contribution in [0.3, 0.4) is 0 Å². The Morgan fingerprint density at radius 3 is 2.89 bits per heavy atom. The molecule has 0 aromatic carbocycles. The van der Waals surface area contributed by atoms with Crippen LogP contribution < -0.4 is 5.32 Å². The molecule has 0 saturated heterocycles. The predicted octanol–water partition coefficient (Wildman–Crippen LogP) is 0.980. The van der Waals surface area contributed by atoms with Gasteiger partial charge in [-0.3, -0.25) is 0 Å². The summed E-state index contributed by atoms with van der Waals surface area (Å²) in [4.78, 5) is 27.7. The molecule has 8 heteroatoms. The lowest BCUT2D eigenvalue weighted by atomic mass is 10.2. The SMILES string of the molecule is C=CCOC(=O)N[C@@H](Cc1c[nH]c(=S)[nH]1)C(=O)O. The van der Waals surface area contributed by atoms with Crippen molar-refractivity contribution in [3.8, 4) is 0 Å². The lowest BCUT2D eigenvalue weighted by Gasteiger charge is -2.13. The molecule has 1 aromatic rings. The highest BCUT2D eigenvalue weighted by atomic mass is 32.1. The van der Waals surface area contributed by atoms with Crippen LogP contribution in [-0.4, -0.2) is 39.8 Å². The van der Waals surface area contributed by atoms with Crippen LogP contribution in [0.15, 0.2) is 18.9 Å². The molecule has 1 amide bonds. The first kappa shape index (κ1) is 14.0. The Balaban J connectivity index is 2.60. The van der Waals surface area contributed by atoms with Crippen LogP contribution in [0.4, 0.5) is 4.79 Å². The minimum Gasteiger partial charge on any atom is -0.480 e. The molecule has 1 aromatic heterocycles. The zero-order chi connectivity index (χ0) is 13.5. The monoisotopic (exact) mass is 271 g/mol. The zero-order valence-electron chi connectivity index (χ0n) is 9.43. The molecule has 0 spiro atoms. The van der Waals surface area contributed by atoms with Crippen molar-refractivity contribution in [3.05, 3.63) is 29.3 Å². The van der Waals surface area contributed by atoms with E-state index in [0.29, 0.717) is 10.5 Å². The van der Waals surface area contributed by atoms with E-state index in [1.165, 1.54) is 6.08 Å². The van der Waals surface area contributed by atoms with Crippen LogP contribution in [0.25, 0.3) is 0 Å². The molecule has 18 heavy (non-hydrogen) atoms. The number of H-pyrrole nitrogens is 2. The summed E-state index contributed by atoms with van der Waals surface area (Å²) >= 11 is 4.81. The van der Waals surface area contributed by atoms with Crippen molar-refractivity contribution < 1.29 is 19.4 Å². The molecule has 0 aliphatic heterocycles. The van der Waals surface area contributed by atoms with Crippen molar-refractivity contribution in [2.75, 3.05) is 6.61 Å². The lowest BCUT2D eigenvalue weighted by molar-refractivity contribution is -0.139. The second kappa shape index (κ2) is 6.60. The van der Waals surface area contributed by atoms with Gasteiger partial charge in [-0.15, -0.1) is 0 Å². The highest BCUT2D eigenvalue weighted by molar-refractivity contribution is 7.71. The number of hydrogen-bond acceptors (Lipinski definition) is 4. The summed E-state index contributed by atoms with van der Waals surface area (Å²) in [5.74, 6) is -1.16. The molecule has 0 aliphatic carbocycles. The third kappa shape index (κ3) is 4.42. The maximum absolute atomic E-state index is 11.2. The van der Waals surface area contributed by atoms with E-state index in [9.17, 15) is 9.59 Å². The van der Waals surface area contributed by atoms with Gasteiger partial charge in [0.05, 0.1) is 0 Å². The molecule has 0 unspecified atom stereocenters. The number of aliphatic carboxylic acids is 1. The zero-order valence-corrected chi connectivity index (χ0v) is 10.3. The molecule has 98 valence electrons. The summed E-state index contributed by atoms with van der Waals surface area (Å²) in [5.41, 5.74) is 0.580. The first-order chi connectivity index (χ1) is 8.52. The van der Waals surface area contributed by atoms with E-state index in [1.54, 1.807) is 6.20 Å². The number of hydrogen-bond donors (Lipinski definition) is 4. The summed E-state index contributed by atoms with van der Waals surface area (Å²) < 4.78 is 5.04. The molecule has 0 fully saturated rings. The molecule has 0 aliphatic rings. The molecule has 1 atom stereocenters. The Hall–Kier alpha value is -2.09. The number of imidazole rings is 1. The van der Waals surface area contributed by atoms with E-state index in [2.05, 4.69) is 26.6 Å². The van der Waals surface area contributed by atoms with Gasteiger partial charge in [0.15, 0.2) is 4.77 Å². The fraction of sp³-hybridized carbons (Fsp3) is 0.300. The Morgan fingerprint density at radius 1 is 1.67 bits per heavy atom. The highest BCUT2D eigenvalue weighted by Gasteiger charge is 2.21. The Kier molecular flexibility index (Phi) is 5.12. The van der Waals surface area contributed by atoms with E-state index in [0.717, 1.165) is 0 Å². The highest BCUT2D eigenvalue weighted by Crippen LogP contribution is 2.00. The van der Waals surface area contributed by atoms with Crippen molar-refractivity contribution in [2.45, 2.75) is 12.5 Å². The largest absolute Gasteiger partial charge is 0.480 e. The number of rotatable bonds is 6. The fourth-order valence-corrected chi connectivity index (χ4v) is 1.41. The van der Waals surface area contributed by atoms with Crippen LogP contribution in [0.2, 0.25) is 0 Å². The van der Waals surface area contributed by atoms with Crippen molar-refractivity contribution in [2.24, 2.45) is 0 Å². The Bertz CT molecular complexity index is 493. The number of ether oxygens (including phenoxy) is 1. The molecule has 7 nitrogen and oxygen atoms in total. The normalized spacial score (nSPS) is 11.6. The fourth-order valence-electron chi connectivity index (χ4n) is 1.22. The van der Waals surface area contributed by atoms with Crippen molar-refractivity contribution in [1.29, 1.82) is 0 Å². The van der Waals surface area contributed by atoms with Gasteiger partial charge in [-0.25, -0.2) is 9.59 Å². The number of carboxylic acids is 1. The van der Waals surface area contributed by atoms with Gasteiger partial charge in [-0.2, -0.15) is 0 Å². The molecule has 1 rings (SSSR count). The topological polar surface area (TPSA) is 107 Å². The number of aromatic nitrogens is 2. The van der Waals surface area contributed by atoms with Gasteiger partial charge < -0.3 is 25.1 Å². The van der Waals surface area contributed by atoms with E-state index in [4.69, 9.17) is 17.3 Å². The number of alkyl carbamates (subject to hydrolysis) is 1. The van der Waals surface area contributed by atoms with Crippen LogP contribution in [0.1, 0.15) is 5.69 Å². The quantitative estimate of drug-likeness (QED) is 0.456. The molecular weight excluding hydrogens is 258 g/mol. The average molecular weight is 271 g/mol. The van der Waals surface area contributed by atoms with E-state index in [1.807, 2.05) is 0 Å². The Morgan fingerprint density at radius 2 is 2.39 bits per heavy atom. The molecule has 0 bridgehead atoms. The standard InChI is InChI=1S/C10H13N3O4S/c1-2-3-17-10(16)13-7(8(14)15)4-6-5-11-9(18)12-6/h2,5,7H,1,3-4H2,(H,13,16)(H,14,15)(H2,11,12,18)/t7-/m0/s1. The van der Waals surface area contributed by atoms with Crippen LogP contribution >= 0.6 is 12.2 Å². The van der Waals surface area contributed by atoms with Gasteiger partial charge in [0, 0.05) is 18.3 Å². The molecular formula is C10H13N3O4S. The summed E-state index contributed by atoms with van der Waals surface area (Å²) in [6, 6.07) is -1.09. The maximum atomic E-state index is 11.2. The average Bonchev–Trinajstić information content (AvgIpc) is 2.71. The van der Waals surface area contributed by atoms with Crippen molar-refractivity contribution in [1.82, 2.24) is 15.3 Å². The Labute approximate surface area is 108 Å². The minimum atomic E-state index is -1.16. The smallest absolute Gasteiger partial charge is 0.408 e. The van der Waals surface area contributed by atoms with Gasteiger partial charge in [0.2, 0.25) is 0 Å². The number of carbonyl (C=O) groups is 2. The summed E-state index contributed by atoms with van der Waals surface area (Å²) in [6.45, 7) is 3.39. The van der Waals surface area contributed by atoms with E-state index >= 15 is 0 Å². The maximum Gasteiger partial charge on any atom is 0.408 e. The number of amides is 1. The van der Waals surface area contributed by atoms with Gasteiger partial charge in [0.25, 0.3) is 0 Å². The molecule has 0 saturated carbocycles. The van der Waals surface area contributed by atoms with Crippen LogP contribution in [0.5, 0.6) is 0 Å². The molecule has 1 heterocycles. The van der Waals surface area contributed by atoms with Crippen LogP contribution in [0, 0.1) is 4.77 Å². The summed E-state index contributed by atoms with van der Waals surface area (Å²) in [6.07, 6.45) is 2.20. The van der Waals surface area contributed by atoms with Gasteiger partial charge in [0.1, 0.15) is 12.6 Å². The van der Waals surface area contributed by atoms with Gasteiger partial charge >= 0.3 is 12.1 Å². The predicted molar refractivity (Wildman–Crippen MR) is 65.8 cm³/mol. The third-order valence-corrected chi connectivity index (χ3v) is 2.22. The molecule has 4 N–H and O–H groups in total. The first-order valence-electron chi connectivity index (χ1n) is 5.06. The van der Waals surface area contributed by atoms with Gasteiger partial charge in [-0.05, 0) is 12.2 Å². The summed E-state index contributed by atoms with van der Waals surface area (Å²) in [7, 11) is 0. The van der Waals surface area contributed by atoms with Crippen LogP contribution in [-0.2, 0) is 16.0 Å². The first-order valence-corrected chi connectivity index (χ1v) is 5.47. The number of carboxylic acid groups (broad SMARTS) is 1. The second-order valence-corrected chi connectivity index (χ2v) is 3.80. The minimum absolute atomic E-state index is 0.0186. The second-order valence-electron chi connectivity index (χ2n) is 3.39. The lowest BCUT2D eigenvalue weighted by Crippen LogP contribution is -2.42. The van der Waals surface area contributed by atoms with E-state index in [-0.39, 0.29) is 13.0 Å². The number of aromatic amines is 2. The van der Waals surface area contributed by atoms with Gasteiger partial charge in [-0.1, -0.05) is 12.7 Å².